The van der Waals surface area contributed by atoms with Crippen molar-refractivity contribution in [3.05, 3.63) is 0 Å². The fraction of sp³-hybridized carbons (Fsp3) is 0.938. The van der Waals surface area contributed by atoms with E-state index in [0.29, 0.717) is 50.4 Å². The lowest BCUT2D eigenvalue weighted by molar-refractivity contribution is 0.245. The third-order valence-corrected chi connectivity index (χ3v) is 6.01. The van der Waals surface area contributed by atoms with Crippen LogP contribution in [0, 0.1) is 11.8 Å². The summed E-state index contributed by atoms with van der Waals surface area (Å²) < 4.78 is 25.1. The number of guanidine groups is 1. The van der Waals surface area contributed by atoms with E-state index >= 15 is 0 Å². The molecule has 1 rings (SSSR count). The van der Waals surface area contributed by atoms with Gasteiger partial charge in [-0.3, -0.25) is 4.99 Å². The molecular formula is C16H35IN4O3S. The summed E-state index contributed by atoms with van der Waals surface area (Å²) in [6.45, 7) is 9.58. The number of nitrogens with zero attached hydrogens (tertiary/aromatic N) is 2. The van der Waals surface area contributed by atoms with E-state index in [-0.39, 0.29) is 36.3 Å². The molecule has 7 nitrogen and oxygen atoms in total. The Morgan fingerprint density at radius 2 is 2.04 bits per heavy atom. The number of hydrogen-bond donors (Lipinski definition) is 3. The van der Waals surface area contributed by atoms with Crippen LogP contribution in [0.2, 0.25) is 0 Å². The second-order valence-corrected chi connectivity index (χ2v) is 8.81. The van der Waals surface area contributed by atoms with Crippen molar-refractivity contribution in [2.45, 2.75) is 40.0 Å². The van der Waals surface area contributed by atoms with Crippen LogP contribution < -0.4 is 10.6 Å². The number of hydrogen-bond acceptors (Lipinski definition) is 4. The number of aliphatic imine (C=N–C) groups is 1. The van der Waals surface area contributed by atoms with Gasteiger partial charge in [-0.15, -0.1) is 24.0 Å². The van der Waals surface area contributed by atoms with Crippen molar-refractivity contribution in [2.75, 3.05) is 45.1 Å². The van der Waals surface area contributed by atoms with Crippen LogP contribution in [0.5, 0.6) is 0 Å². The van der Waals surface area contributed by atoms with Gasteiger partial charge in [0.15, 0.2) is 5.96 Å². The molecule has 25 heavy (non-hydrogen) atoms. The molecule has 0 saturated carbocycles. The second-order valence-electron chi connectivity index (χ2n) is 6.72. The molecule has 0 radical (unpaired) electrons. The molecule has 0 aromatic rings. The summed E-state index contributed by atoms with van der Waals surface area (Å²) in [4.78, 5) is 4.60. The maximum Gasteiger partial charge on any atom is 0.214 e. The third-order valence-electron chi connectivity index (χ3n) is 4.05. The van der Waals surface area contributed by atoms with Crippen molar-refractivity contribution in [2.24, 2.45) is 16.8 Å². The quantitative estimate of drug-likeness (QED) is 0.244. The van der Waals surface area contributed by atoms with Gasteiger partial charge >= 0.3 is 0 Å². The zero-order chi connectivity index (χ0) is 18.0. The smallest absolute Gasteiger partial charge is 0.214 e. The highest BCUT2D eigenvalue weighted by Gasteiger charge is 2.27. The Morgan fingerprint density at radius 1 is 1.32 bits per heavy atom. The van der Waals surface area contributed by atoms with Gasteiger partial charge in [0.1, 0.15) is 0 Å². The lowest BCUT2D eigenvalue weighted by Gasteiger charge is -2.19. The minimum atomic E-state index is -3.04. The number of rotatable bonds is 10. The van der Waals surface area contributed by atoms with E-state index in [9.17, 15) is 13.5 Å². The maximum atomic E-state index is 11.8. The van der Waals surface area contributed by atoms with Gasteiger partial charge in [-0.1, -0.05) is 13.8 Å². The van der Waals surface area contributed by atoms with Gasteiger partial charge in [0, 0.05) is 39.3 Å². The average Bonchev–Trinajstić information content (AvgIpc) is 2.83. The molecule has 0 aliphatic carbocycles. The molecule has 1 unspecified atom stereocenters. The van der Waals surface area contributed by atoms with Gasteiger partial charge in [-0.25, -0.2) is 12.7 Å². The molecular weight excluding hydrogens is 455 g/mol. The summed E-state index contributed by atoms with van der Waals surface area (Å²) in [5, 5.41) is 15.6. The highest BCUT2D eigenvalue weighted by molar-refractivity contribution is 14.0. The van der Waals surface area contributed by atoms with E-state index in [1.807, 2.05) is 6.92 Å². The summed E-state index contributed by atoms with van der Waals surface area (Å²) in [7, 11) is -3.04. The Bertz CT molecular complexity index is 486. The van der Waals surface area contributed by atoms with Gasteiger partial charge in [0.2, 0.25) is 10.0 Å². The van der Waals surface area contributed by atoms with Crippen LogP contribution in [-0.2, 0) is 10.0 Å². The predicted octanol–water partition coefficient (Wildman–Crippen LogP) is 1.24. The molecule has 0 aromatic carbocycles. The Morgan fingerprint density at radius 3 is 2.56 bits per heavy atom. The zero-order valence-corrected chi connectivity index (χ0v) is 18.8. The largest absolute Gasteiger partial charge is 0.396 e. The maximum absolute atomic E-state index is 11.8. The van der Waals surface area contributed by atoms with Gasteiger partial charge in [-0.2, -0.15) is 0 Å². The third kappa shape index (κ3) is 9.95. The SMILES string of the molecule is CCNC(=NCC(CCO)CC(C)C)NCCN1CCCS1(=O)=O.I. The minimum Gasteiger partial charge on any atom is -0.396 e. The first-order valence-corrected chi connectivity index (χ1v) is 10.6. The Balaban J connectivity index is 0.00000576. The molecule has 1 aliphatic rings. The van der Waals surface area contributed by atoms with Crippen LogP contribution in [0.25, 0.3) is 0 Å². The van der Waals surface area contributed by atoms with E-state index in [0.717, 1.165) is 19.4 Å². The number of nitrogens with one attached hydrogen (secondary N) is 2. The van der Waals surface area contributed by atoms with Crippen LogP contribution >= 0.6 is 24.0 Å². The predicted molar refractivity (Wildman–Crippen MR) is 114 cm³/mol. The van der Waals surface area contributed by atoms with Crippen molar-refractivity contribution >= 4 is 40.0 Å². The van der Waals surface area contributed by atoms with E-state index in [4.69, 9.17) is 0 Å². The van der Waals surface area contributed by atoms with Crippen LogP contribution in [0.1, 0.15) is 40.0 Å². The van der Waals surface area contributed by atoms with E-state index in [2.05, 4.69) is 29.5 Å². The monoisotopic (exact) mass is 490 g/mol. The molecule has 1 heterocycles. The molecule has 1 aliphatic heterocycles. The van der Waals surface area contributed by atoms with Crippen LogP contribution in [-0.4, -0.2) is 68.9 Å². The Kier molecular flexibility index (Phi) is 13.0. The standard InChI is InChI=1S/C16H34N4O3S.HI/c1-4-17-16(19-13-15(6-10-21)12-14(2)3)18-7-9-20-8-5-11-24(20,22)23;/h14-15,21H,4-13H2,1-3H3,(H2,17,18,19);1H. The lowest BCUT2D eigenvalue weighted by atomic mass is 9.94. The molecule has 0 aromatic heterocycles. The number of sulfonamides is 1. The molecule has 9 heteroatoms. The molecule has 1 saturated heterocycles. The van der Waals surface area contributed by atoms with Crippen LogP contribution in [0.15, 0.2) is 4.99 Å². The number of aliphatic hydroxyl groups excluding tert-OH is 1. The summed E-state index contributed by atoms with van der Waals surface area (Å²) >= 11 is 0. The first-order chi connectivity index (χ1) is 11.4. The lowest BCUT2D eigenvalue weighted by Crippen LogP contribution is -2.42. The number of halogens is 1. The number of aliphatic hydroxyl groups is 1. The summed E-state index contributed by atoms with van der Waals surface area (Å²) in [6, 6.07) is 0. The van der Waals surface area contributed by atoms with Crippen LogP contribution in [0.3, 0.4) is 0 Å². The van der Waals surface area contributed by atoms with E-state index < -0.39 is 10.0 Å². The molecule has 0 spiro atoms. The summed E-state index contributed by atoms with van der Waals surface area (Å²) in [5.41, 5.74) is 0. The van der Waals surface area contributed by atoms with Crippen LogP contribution in [0.4, 0.5) is 0 Å². The molecule has 0 amide bonds. The van der Waals surface area contributed by atoms with Crippen molar-refractivity contribution in [3.63, 3.8) is 0 Å². The van der Waals surface area contributed by atoms with Gasteiger partial charge < -0.3 is 15.7 Å². The molecule has 1 atom stereocenters. The van der Waals surface area contributed by atoms with Gasteiger partial charge in [0.25, 0.3) is 0 Å². The topological polar surface area (TPSA) is 94.0 Å². The zero-order valence-electron chi connectivity index (χ0n) is 15.7. The highest BCUT2D eigenvalue weighted by atomic mass is 127. The summed E-state index contributed by atoms with van der Waals surface area (Å²) in [6.07, 6.45) is 2.51. The fourth-order valence-electron chi connectivity index (χ4n) is 2.94. The highest BCUT2D eigenvalue weighted by Crippen LogP contribution is 2.15. The van der Waals surface area contributed by atoms with Crippen molar-refractivity contribution in [3.8, 4) is 0 Å². The van der Waals surface area contributed by atoms with Crippen molar-refractivity contribution < 1.29 is 13.5 Å². The first-order valence-electron chi connectivity index (χ1n) is 9.00. The average molecular weight is 490 g/mol. The molecule has 3 N–H and O–H groups in total. The van der Waals surface area contributed by atoms with Gasteiger partial charge in [-0.05, 0) is 38.0 Å². The second kappa shape index (κ2) is 13.1. The van der Waals surface area contributed by atoms with Gasteiger partial charge in [0.05, 0.1) is 5.75 Å². The Labute approximate surface area is 170 Å². The minimum absolute atomic E-state index is 0. The summed E-state index contributed by atoms with van der Waals surface area (Å²) in [5.74, 6) is 1.91. The Hall–Kier alpha value is -0.130. The van der Waals surface area contributed by atoms with Crippen molar-refractivity contribution in [1.29, 1.82) is 0 Å². The molecule has 0 bridgehead atoms. The fourth-order valence-corrected chi connectivity index (χ4v) is 4.47. The normalized spacial score (nSPS) is 18.8. The first kappa shape index (κ1) is 24.9. The molecule has 1 fully saturated rings. The van der Waals surface area contributed by atoms with E-state index in [1.165, 1.54) is 4.31 Å². The van der Waals surface area contributed by atoms with Crippen molar-refractivity contribution in [1.82, 2.24) is 14.9 Å². The van der Waals surface area contributed by atoms with E-state index in [1.54, 1.807) is 0 Å². The molecule has 150 valence electrons.